The summed E-state index contributed by atoms with van der Waals surface area (Å²) in [6.07, 6.45) is 11.8. The highest BCUT2D eigenvalue weighted by atomic mass is 127. The summed E-state index contributed by atoms with van der Waals surface area (Å²) in [6, 6.07) is 1.24. The van der Waals surface area contributed by atoms with Crippen LogP contribution in [0.4, 0.5) is 0 Å². The smallest absolute Gasteiger partial charge is 0.191 e. The standard InChI is InChI=1S/C17H30N6S.HI/c1-3-18-16(20-13-10-11-13)19-12-6-9-15-21-22-17(24-2)23(15)14-7-4-5-8-14;/h13-14H,3-12H2,1-2H3,(H2,18,19,20);1H. The number of aryl methyl sites for hydroxylation is 1. The summed E-state index contributed by atoms with van der Waals surface area (Å²) in [5.74, 6) is 2.10. The molecule has 0 amide bonds. The van der Waals surface area contributed by atoms with Crippen LogP contribution >= 0.6 is 35.7 Å². The SMILES string of the molecule is CCNC(=NCCCc1nnc(SC)n1C1CCCC1)NC1CC1.I. The molecule has 8 heteroatoms. The lowest BCUT2D eigenvalue weighted by molar-refractivity contribution is 0.461. The minimum atomic E-state index is 0. The molecule has 3 rings (SSSR count). The Labute approximate surface area is 172 Å². The molecule has 2 aliphatic carbocycles. The monoisotopic (exact) mass is 478 g/mol. The van der Waals surface area contributed by atoms with Gasteiger partial charge >= 0.3 is 0 Å². The second-order valence-corrected chi connectivity index (χ2v) is 7.47. The van der Waals surface area contributed by atoms with Gasteiger partial charge in [0.25, 0.3) is 0 Å². The summed E-state index contributed by atoms with van der Waals surface area (Å²) in [5, 5.41) is 16.7. The molecule has 1 aromatic rings. The first-order valence-corrected chi connectivity index (χ1v) is 10.6. The fourth-order valence-corrected chi connectivity index (χ4v) is 3.89. The van der Waals surface area contributed by atoms with Crippen LogP contribution in [0, 0.1) is 0 Å². The highest BCUT2D eigenvalue weighted by Crippen LogP contribution is 2.33. The van der Waals surface area contributed by atoms with Crippen LogP contribution < -0.4 is 10.6 Å². The molecule has 1 heterocycles. The second-order valence-electron chi connectivity index (χ2n) is 6.69. The van der Waals surface area contributed by atoms with E-state index in [9.17, 15) is 0 Å². The van der Waals surface area contributed by atoms with E-state index in [2.05, 4.69) is 38.6 Å². The summed E-state index contributed by atoms with van der Waals surface area (Å²) in [5.41, 5.74) is 0. The van der Waals surface area contributed by atoms with Crippen molar-refractivity contribution < 1.29 is 0 Å². The van der Waals surface area contributed by atoms with E-state index in [1.165, 1.54) is 38.5 Å². The Morgan fingerprint density at radius 1 is 1.24 bits per heavy atom. The summed E-state index contributed by atoms with van der Waals surface area (Å²) in [7, 11) is 0. The number of hydrogen-bond donors (Lipinski definition) is 2. The molecule has 2 saturated carbocycles. The van der Waals surface area contributed by atoms with Crippen LogP contribution in [0.2, 0.25) is 0 Å². The maximum Gasteiger partial charge on any atom is 0.191 e. The van der Waals surface area contributed by atoms with Crippen molar-refractivity contribution in [2.75, 3.05) is 19.3 Å². The predicted molar refractivity (Wildman–Crippen MR) is 115 cm³/mol. The van der Waals surface area contributed by atoms with E-state index in [-0.39, 0.29) is 24.0 Å². The lowest BCUT2D eigenvalue weighted by Gasteiger charge is -2.16. The van der Waals surface area contributed by atoms with Crippen LogP contribution in [0.25, 0.3) is 0 Å². The third kappa shape index (κ3) is 6.01. The molecular weight excluding hydrogens is 447 g/mol. The Bertz CT molecular complexity index is 551. The second kappa shape index (κ2) is 10.6. The molecule has 142 valence electrons. The molecule has 0 aromatic carbocycles. The molecule has 6 nitrogen and oxygen atoms in total. The molecular formula is C17H31IN6S. The van der Waals surface area contributed by atoms with Crippen molar-refractivity contribution in [3.05, 3.63) is 5.82 Å². The normalized spacial score (nSPS) is 18.2. The third-order valence-electron chi connectivity index (χ3n) is 4.70. The van der Waals surface area contributed by atoms with Crippen LogP contribution in [-0.4, -0.2) is 46.1 Å². The molecule has 0 saturated heterocycles. The van der Waals surface area contributed by atoms with Gasteiger partial charge in [0.2, 0.25) is 0 Å². The van der Waals surface area contributed by atoms with Gasteiger partial charge in [0.1, 0.15) is 5.82 Å². The Kier molecular flexibility index (Phi) is 8.81. The molecule has 0 bridgehead atoms. The van der Waals surface area contributed by atoms with Gasteiger partial charge in [-0.25, -0.2) is 0 Å². The lowest BCUT2D eigenvalue weighted by Crippen LogP contribution is -2.38. The number of thioether (sulfide) groups is 1. The van der Waals surface area contributed by atoms with Crippen molar-refractivity contribution in [2.45, 2.75) is 75.5 Å². The predicted octanol–water partition coefficient (Wildman–Crippen LogP) is 3.38. The van der Waals surface area contributed by atoms with Gasteiger partial charge in [0, 0.05) is 31.6 Å². The van der Waals surface area contributed by atoms with Crippen LogP contribution in [0.5, 0.6) is 0 Å². The van der Waals surface area contributed by atoms with Crippen molar-refractivity contribution in [3.63, 3.8) is 0 Å². The number of aromatic nitrogens is 3. The molecule has 0 radical (unpaired) electrons. The van der Waals surface area contributed by atoms with Gasteiger partial charge in [-0.3, -0.25) is 4.99 Å². The first-order chi connectivity index (χ1) is 11.8. The summed E-state index contributed by atoms with van der Waals surface area (Å²) < 4.78 is 2.40. The lowest BCUT2D eigenvalue weighted by atomic mass is 10.2. The third-order valence-corrected chi connectivity index (χ3v) is 5.34. The molecule has 2 N–H and O–H groups in total. The number of hydrogen-bond acceptors (Lipinski definition) is 4. The van der Waals surface area contributed by atoms with Crippen LogP contribution in [0.3, 0.4) is 0 Å². The maximum absolute atomic E-state index is 4.69. The van der Waals surface area contributed by atoms with Gasteiger partial charge in [-0.05, 0) is 45.3 Å². The van der Waals surface area contributed by atoms with Gasteiger partial charge in [-0.1, -0.05) is 24.6 Å². The molecule has 25 heavy (non-hydrogen) atoms. The number of rotatable bonds is 8. The molecule has 0 spiro atoms. The van der Waals surface area contributed by atoms with E-state index in [4.69, 9.17) is 4.99 Å². The van der Waals surface area contributed by atoms with E-state index in [1.807, 2.05) is 0 Å². The zero-order chi connectivity index (χ0) is 16.8. The van der Waals surface area contributed by atoms with Gasteiger partial charge in [-0.2, -0.15) is 0 Å². The molecule has 1 aromatic heterocycles. The molecule has 0 unspecified atom stereocenters. The zero-order valence-corrected chi connectivity index (χ0v) is 18.5. The van der Waals surface area contributed by atoms with E-state index < -0.39 is 0 Å². The van der Waals surface area contributed by atoms with Crippen molar-refractivity contribution in [1.82, 2.24) is 25.4 Å². The zero-order valence-electron chi connectivity index (χ0n) is 15.3. The van der Waals surface area contributed by atoms with Crippen molar-refractivity contribution in [2.24, 2.45) is 4.99 Å². The highest BCUT2D eigenvalue weighted by Gasteiger charge is 2.23. The Balaban J connectivity index is 0.00000225. The Morgan fingerprint density at radius 3 is 2.64 bits per heavy atom. The summed E-state index contributed by atoms with van der Waals surface area (Å²) in [6.45, 7) is 3.85. The largest absolute Gasteiger partial charge is 0.357 e. The Morgan fingerprint density at radius 2 is 2.00 bits per heavy atom. The minimum Gasteiger partial charge on any atom is -0.357 e. The summed E-state index contributed by atoms with van der Waals surface area (Å²) >= 11 is 1.71. The maximum atomic E-state index is 4.69. The van der Waals surface area contributed by atoms with E-state index in [1.54, 1.807) is 11.8 Å². The van der Waals surface area contributed by atoms with Crippen LogP contribution in [0.1, 0.15) is 63.7 Å². The van der Waals surface area contributed by atoms with E-state index in [0.29, 0.717) is 12.1 Å². The average Bonchev–Trinajstić information content (AvgIpc) is 3.09. The average molecular weight is 478 g/mol. The molecule has 0 aliphatic heterocycles. The number of guanidine groups is 1. The van der Waals surface area contributed by atoms with Crippen LogP contribution in [0.15, 0.2) is 10.1 Å². The number of nitrogens with zero attached hydrogens (tertiary/aromatic N) is 4. The van der Waals surface area contributed by atoms with Crippen molar-refractivity contribution in [1.29, 1.82) is 0 Å². The molecule has 2 fully saturated rings. The minimum absolute atomic E-state index is 0. The fourth-order valence-electron chi connectivity index (χ4n) is 3.32. The first-order valence-electron chi connectivity index (χ1n) is 9.34. The van der Waals surface area contributed by atoms with Gasteiger partial charge in [0.05, 0.1) is 0 Å². The number of aliphatic imine (C=N–C) groups is 1. The van der Waals surface area contributed by atoms with Gasteiger partial charge in [0.15, 0.2) is 11.1 Å². The fraction of sp³-hybridized carbons (Fsp3) is 0.824. The number of halogens is 1. The van der Waals surface area contributed by atoms with Gasteiger partial charge in [-0.15, -0.1) is 34.2 Å². The van der Waals surface area contributed by atoms with E-state index in [0.717, 1.165) is 42.9 Å². The van der Waals surface area contributed by atoms with E-state index >= 15 is 0 Å². The van der Waals surface area contributed by atoms with Crippen LogP contribution in [-0.2, 0) is 6.42 Å². The molecule has 2 aliphatic rings. The highest BCUT2D eigenvalue weighted by molar-refractivity contribution is 14.0. The molecule has 0 atom stereocenters. The summed E-state index contributed by atoms with van der Waals surface area (Å²) in [4.78, 5) is 4.69. The van der Waals surface area contributed by atoms with Crippen molar-refractivity contribution in [3.8, 4) is 0 Å². The number of nitrogens with one attached hydrogen (secondary N) is 2. The van der Waals surface area contributed by atoms with Gasteiger partial charge < -0.3 is 15.2 Å². The van der Waals surface area contributed by atoms with Crippen molar-refractivity contribution >= 4 is 41.7 Å². The quantitative estimate of drug-likeness (QED) is 0.197. The first kappa shape index (κ1) is 20.8. The Hall–Kier alpha value is -0.510. The topological polar surface area (TPSA) is 67.1 Å².